The molecule has 0 radical (unpaired) electrons. The lowest BCUT2D eigenvalue weighted by atomic mass is 9.60. The fourth-order valence-corrected chi connectivity index (χ4v) is 2.80. The summed E-state index contributed by atoms with van der Waals surface area (Å²) in [4.78, 5) is 35.5. The van der Waals surface area contributed by atoms with Crippen molar-refractivity contribution in [1.82, 2.24) is 0 Å². The van der Waals surface area contributed by atoms with Gasteiger partial charge in [-0.3, -0.25) is 14.4 Å². The minimum absolute atomic E-state index is 0.0634. The lowest BCUT2D eigenvalue weighted by Crippen LogP contribution is -2.54. The smallest absolute Gasteiger partial charge is 0.323 e. The van der Waals surface area contributed by atoms with E-state index in [9.17, 15) is 14.4 Å². The molecule has 0 aromatic carbocycles. The SMILES string of the molecule is COC(=O)C1(C(=O)OC)[C@H](C)CC(=O)C[C@@H]1C. The molecule has 1 rings (SSSR count). The number of methoxy groups -OCH3 is 2. The normalized spacial score (nSPS) is 27.4. The zero-order valence-corrected chi connectivity index (χ0v) is 10.6. The van der Waals surface area contributed by atoms with Gasteiger partial charge in [-0.1, -0.05) is 13.8 Å². The summed E-state index contributed by atoms with van der Waals surface area (Å²) in [6.07, 6.45) is 0.406. The second-order valence-electron chi connectivity index (χ2n) is 4.60. The van der Waals surface area contributed by atoms with Gasteiger partial charge in [-0.25, -0.2) is 0 Å². The van der Waals surface area contributed by atoms with Crippen LogP contribution < -0.4 is 0 Å². The van der Waals surface area contributed by atoms with Crippen LogP contribution in [-0.2, 0) is 23.9 Å². The Kier molecular flexibility index (Phi) is 3.91. The van der Waals surface area contributed by atoms with E-state index < -0.39 is 29.2 Å². The molecule has 1 saturated carbocycles. The number of hydrogen-bond acceptors (Lipinski definition) is 5. The van der Waals surface area contributed by atoms with E-state index in [0.717, 1.165) is 0 Å². The summed E-state index contributed by atoms with van der Waals surface area (Å²) >= 11 is 0. The molecular weight excluding hydrogens is 224 g/mol. The Morgan fingerprint density at radius 2 is 1.41 bits per heavy atom. The van der Waals surface area contributed by atoms with Crippen molar-refractivity contribution in [2.24, 2.45) is 17.3 Å². The van der Waals surface area contributed by atoms with Crippen LogP contribution in [0.25, 0.3) is 0 Å². The Morgan fingerprint density at radius 1 is 1.06 bits per heavy atom. The molecule has 96 valence electrons. The van der Waals surface area contributed by atoms with Crippen LogP contribution in [-0.4, -0.2) is 31.9 Å². The van der Waals surface area contributed by atoms with E-state index in [1.807, 2.05) is 0 Å². The predicted octanol–water partition coefficient (Wildman–Crippen LogP) is 0.954. The molecule has 0 aliphatic heterocycles. The highest BCUT2D eigenvalue weighted by Crippen LogP contribution is 2.46. The van der Waals surface area contributed by atoms with E-state index in [0.29, 0.717) is 0 Å². The van der Waals surface area contributed by atoms with Crippen molar-refractivity contribution < 1.29 is 23.9 Å². The van der Waals surface area contributed by atoms with Crippen molar-refractivity contribution in [2.75, 3.05) is 14.2 Å². The molecule has 0 unspecified atom stereocenters. The molecule has 0 spiro atoms. The molecule has 0 aromatic rings. The maximum Gasteiger partial charge on any atom is 0.323 e. The summed E-state index contributed by atoms with van der Waals surface area (Å²) in [5, 5.41) is 0. The van der Waals surface area contributed by atoms with Crippen molar-refractivity contribution in [2.45, 2.75) is 26.7 Å². The molecule has 1 aliphatic carbocycles. The van der Waals surface area contributed by atoms with Crippen molar-refractivity contribution in [1.29, 1.82) is 0 Å². The highest BCUT2D eigenvalue weighted by atomic mass is 16.5. The van der Waals surface area contributed by atoms with Gasteiger partial charge in [0.1, 0.15) is 5.78 Å². The molecule has 0 N–H and O–H groups in total. The van der Waals surface area contributed by atoms with Gasteiger partial charge in [0.15, 0.2) is 5.41 Å². The van der Waals surface area contributed by atoms with Crippen LogP contribution in [0.4, 0.5) is 0 Å². The topological polar surface area (TPSA) is 69.7 Å². The molecule has 17 heavy (non-hydrogen) atoms. The fraction of sp³-hybridized carbons (Fsp3) is 0.750. The van der Waals surface area contributed by atoms with Gasteiger partial charge in [0.2, 0.25) is 0 Å². The summed E-state index contributed by atoms with van der Waals surface area (Å²) in [7, 11) is 2.48. The number of ketones is 1. The lowest BCUT2D eigenvalue weighted by Gasteiger charge is -2.41. The Balaban J connectivity index is 3.25. The molecule has 0 aromatic heterocycles. The van der Waals surface area contributed by atoms with Crippen molar-refractivity contribution in [3.63, 3.8) is 0 Å². The largest absolute Gasteiger partial charge is 0.468 e. The first kappa shape index (κ1) is 13.7. The third kappa shape index (κ3) is 1.94. The zero-order chi connectivity index (χ0) is 13.2. The lowest BCUT2D eigenvalue weighted by molar-refractivity contribution is -0.181. The molecule has 0 amide bonds. The van der Waals surface area contributed by atoms with E-state index in [4.69, 9.17) is 9.47 Å². The molecule has 5 heteroatoms. The molecule has 0 saturated heterocycles. The monoisotopic (exact) mass is 242 g/mol. The molecule has 1 fully saturated rings. The Labute approximate surface area is 100 Å². The maximum absolute atomic E-state index is 12.0. The minimum atomic E-state index is -1.35. The number of carbonyl (C=O) groups excluding carboxylic acids is 3. The van der Waals surface area contributed by atoms with Crippen molar-refractivity contribution >= 4 is 17.7 Å². The average molecular weight is 242 g/mol. The standard InChI is InChI=1S/C12H18O5/c1-7-5-9(13)6-8(2)12(7,10(14)16-3)11(15)17-4/h7-8H,5-6H2,1-4H3/t7-,8+. The van der Waals surface area contributed by atoms with Crippen LogP contribution >= 0.6 is 0 Å². The summed E-state index contributed by atoms with van der Waals surface area (Å²) in [6.45, 7) is 3.42. The van der Waals surface area contributed by atoms with Crippen LogP contribution in [0.5, 0.6) is 0 Å². The van der Waals surface area contributed by atoms with Gasteiger partial charge in [0.05, 0.1) is 14.2 Å². The first-order valence-corrected chi connectivity index (χ1v) is 5.59. The third-order valence-electron chi connectivity index (χ3n) is 3.67. The highest BCUT2D eigenvalue weighted by molar-refractivity contribution is 6.02. The first-order valence-electron chi connectivity index (χ1n) is 5.59. The van der Waals surface area contributed by atoms with Crippen LogP contribution in [0.1, 0.15) is 26.7 Å². The summed E-state index contributed by atoms with van der Waals surface area (Å²) in [6, 6.07) is 0. The minimum Gasteiger partial charge on any atom is -0.468 e. The Hall–Kier alpha value is -1.39. The van der Waals surface area contributed by atoms with Gasteiger partial charge < -0.3 is 9.47 Å². The first-order chi connectivity index (χ1) is 7.91. The molecule has 5 nitrogen and oxygen atoms in total. The number of esters is 2. The van der Waals surface area contributed by atoms with E-state index in [2.05, 4.69) is 0 Å². The molecule has 2 atom stereocenters. The van der Waals surface area contributed by atoms with Gasteiger partial charge in [0.25, 0.3) is 0 Å². The van der Waals surface area contributed by atoms with Crippen molar-refractivity contribution in [3.05, 3.63) is 0 Å². The predicted molar refractivity (Wildman–Crippen MR) is 59.0 cm³/mol. The molecule has 1 aliphatic rings. The maximum atomic E-state index is 12.0. The van der Waals surface area contributed by atoms with Crippen LogP contribution in [0.3, 0.4) is 0 Å². The molecule has 0 bridgehead atoms. The van der Waals surface area contributed by atoms with Crippen LogP contribution in [0.15, 0.2) is 0 Å². The van der Waals surface area contributed by atoms with E-state index in [1.54, 1.807) is 13.8 Å². The number of hydrogen-bond donors (Lipinski definition) is 0. The zero-order valence-electron chi connectivity index (χ0n) is 10.6. The average Bonchev–Trinajstić information content (AvgIpc) is 2.27. The quantitative estimate of drug-likeness (QED) is 0.532. The van der Waals surface area contributed by atoms with Gasteiger partial charge >= 0.3 is 11.9 Å². The van der Waals surface area contributed by atoms with Gasteiger partial charge in [0, 0.05) is 12.8 Å². The van der Waals surface area contributed by atoms with Crippen LogP contribution in [0.2, 0.25) is 0 Å². The molecule has 0 heterocycles. The van der Waals surface area contributed by atoms with E-state index in [1.165, 1.54) is 14.2 Å². The van der Waals surface area contributed by atoms with Crippen LogP contribution in [0, 0.1) is 17.3 Å². The summed E-state index contributed by atoms with van der Waals surface area (Å²) < 4.78 is 9.48. The molecular formula is C12H18O5. The number of carbonyl (C=O) groups is 3. The fourth-order valence-electron chi connectivity index (χ4n) is 2.80. The number of rotatable bonds is 2. The van der Waals surface area contributed by atoms with Gasteiger partial charge in [-0.15, -0.1) is 0 Å². The summed E-state index contributed by atoms with van der Waals surface area (Å²) in [5.41, 5.74) is -1.35. The van der Waals surface area contributed by atoms with E-state index >= 15 is 0 Å². The highest BCUT2D eigenvalue weighted by Gasteiger charge is 2.59. The summed E-state index contributed by atoms with van der Waals surface area (Å²) in [5.74, 6) is -1.97. The van der Waals surface area contributed by atoms with Crippen molar-refractivity contribution in [3.8, 4) is 0 Å². The number of ether oxygens (including phenoxy) is 2. The second-order valence-corrected chi connectivity index (χ2v) is 4.60. The van der Waals surface area contributed by atoms with E-state index in [-0.39, 0.29) is 18.6 Å². The Morgan fingerprint density at radius 3 is 1.71 bits per heavy atom. The van der Waals surface area contributed by atoms with Gasteiger partial charge in [-0.2, -0.15) is 0 Å². The van der Waals surface area contributed by atoms with Gasteiger partial charge in [-0.05, 0) is 11.8 Å². The third-order valence-corrected chi connectivity index (χ3v) is 3.67. The second kappa shape index (κ2) is 4.85. The Bertz CT molecular complexity index is 315. The number of Topliss-reactive ketones (excluding diaryl/α,β-unsaturated/α-hetero) is 1.